The second-order valence-corrected chi connectivity index (χ2v) is 10.9. The standard InChI is InChI=1S/C25H28N4O2S2/c26-14-18-16-8-6-10-20(16)32-24(18)28-22(30)12-4-2-1-3-5-13-23(31)29-25-19(15-27)17-9-7-11-21(17)33-25/h1-13H2,(H,28,30)(H,29,31). The van der Waals surface area contributed by atoms with Crippen LogP contribution in [0.4, 0.5) is 10.0 Å². The van der Waals surface area contributed by atoms with Crippen LogP contribution in [0.25, 0.3) is 0 Å². The minimum atomic E-state index is -0.0260. The number of hydrogen-bond donors (Lipinski definition) is 2. The second-order valence-electron chi connectivity index (χ2n) is 8.71. The second kappa shape index (κ2) is 11.0. The molecule has 4 rings (SSSR count). The molecule has 33 heavy (non-hydrogen) atoms. The van der Waals surface area contributed by atoms with Crippen LogP contribution in [0.3, 0.4) is 0 Å². The Bertz CT molecular complexity index is 1040. The minimum absolute atomic E-state index is 0.0260. The van der Waals surface area contributed by atoms with Gasteiger partial charge in [0.15, 0.2) is 0 Å². The number of thiophene rings is 2. The molecular formula is C25H28N4O2S2. The molecule has 0 atom stereocenters. The summed E-state index contributed by atoms with van der Waals surface area (Å²) in [4.78, 5) is 27.0. The van der Waals surface area contributed by atoms with Gasteiger partial charge in [0.25, 0.3) is 0 Å². The monoisotopic (exact) mass is 480 g/mol. The molecule has 8 heteroatoms. The number of rotatable bonds is 10. The van der Waals surface area contributed by atoms with E-state index < -0.39 is 0 Å². The van der Waals surface area contributed by atoms with E-state index in [1.807, 2.05) is 0 Å². The fraction of sp³-hybridized carbons (Fsp3) is 0.520. The summed E-state index contributed by atoms with van der Waals surface area (Å²) in [5.74, 6) is -0.0520. The fourth-order valence-corrected chi connectivity index (χ4v) is 7.21. The normalized spacial score (nSPS) is 13.8. The summed E-state index contributed by atoms with van der Waals surface area (Å²) in [6.07, 6.45) is 11.5. The highest BCUT2D eigenvalue weighted by Crippen LogP contribution is 2.39. The van der Waals surface area contributed by atoms with Crippen LogP contribution in [-0.4, -0.2) is 11.8 Å². The van der Waals surface area contributed by atoms with Crippen molar-refractivity contribution >= 4 is 44.5 Å². The number of amides is 2. The summed E-state index contributed by atoms with van der Waals surface area (Å²) in [5.41, 5.74) is 3.59. The third-order valence-electron chi connectivity index (χ3n) is 6.38. The van der Waals surface area contributed by atoms with Gasteiger partial charge < -0.3 is 10.6 Å². The van der Waals surface area contributed by atoms with Crippen molar-refractivity contribution in [3.05, 3.63) is 32.0 Å². The molecule has 0 bridgehead atoms. The van der Waals surface area contributed by atoms with Crippen molar-refractivity contribution in [1.82, 2.24) is 0 Å². The van der Waals surface area contributed by atoms with Gasteiger partial charge in [0, 0.05) is 22.6 Å². The average molecular weight is 481 g/mol. The molecular weight excluding hydrogens is 452 g/mol. The Morgan fingerprint density at radius 1 is 0.697 bits per heavy atom. The third-order valence-corrected chi connectivity index (χ3v) is 8.79. The zero-order chi connectivity index (χ0) is 23.2. The predicted octanol–water partition coefficient (Wildman–Crippen LogP) is 5.84. The van der Waals surface area contributed by atoms with Gasteiger partial charge in [-0.3, -0.25) is 9.59 Å². The maximum absolute atomic E-state index is 12.3. The molecule has 0 saturated heterocycles. The maximum atomic E-state index is 12.3. The molecule has 0 aromatic carbocycles. The molecule has 0 aliphatic heterocycles. The Kier molecular flexibility index (Phi) is 7.80. The van der Waals surface area contributed by atoms with Gasteiger partial charge in [-0.25, -0.2) is 0 Å². The zero-order valence-electron chi connectivity index (χ0n) is 18.7. The summed E-state index contributed by atoms with van der Waals surface area (Å²) >= 11 is 3.11. The van der Waals surface area contributed by atoms with E-state index in [0.717, 1.165) is 81.8 Å². The number of fused-ring (bicyclic) bond motifs is 2. The molecule has 2 aromatic heterocycles. The molecule has 0 fully saturated rings. The van der Waals surface area contributed by atoms with E-state index in [9.17, 15) is 20.1 Å². The molecule has 0 saturated carbocycles. The van der Waals surface area contributed by atoms with E-state index >= 15 is 0 Å². The topological polar surface area (TPSA) is 106 Å². The van der Waals surface area contributed by atoms with Crippen molar-refractivity contribution in [3.8, 4) is 12.1 Å². The maximum Gasteiger partial charge on any atom is 0.225 e. The first-order chi connectivity index (χ1) is 16.1. The molecule has 2 N–H and O–H groups in total. The SMILES string of the molecule is N#Cc1c(NC(=O)CCCCCCCC(=O)Nc2sc3c(c2C#N)CCC3)sc2c1CCC2. The van der Waals surface area contributed by atoms with Crippen LogP contribution in [-0.2, 0) is 35.3 Å². The van der Waals surface area contributed by atoms with Gasteiger partial charge in [0.2, 0.25) is 11.8 Å². The number of unbranched alkanes of at least 4 members (excludes halogenated alkanes) is 4. The van der Waals surface area contributed by atoms with E-state index in [0.29, 0.717) is 34.0 Å². The Balaban J connectivity index is 1.10. The molecule has 2 aliphatic rings. The molecule has 2 heterocycles. The van der Waals surface area contributed by atoms with Gasteiger partial charge in [-0.1, -0.05) is 19.3 Å². The minimum Gasteiger partial charge on any atom is -0.317 e. The molecule has 6 nitrogen and oxygen atoms in total. The van der Waals surface area contributed by atoms with Gasteiger partial charge in [-0.2, -0.15) is 10.5 Å². The largest absolute Gasteiger partial charge is 0.317 e. The Hall–Kier alpha value is -2.68. The predicted molar refractivity (Wildman–Crippen MR) is 132 cm³/mol. The molecule has 2 aromatic rings. The van der Waals surface area contributed by atoms with Crippen LogP contribution in [0.15, 0.2) is 0 Å². The number of nitrogens with one attached hydrogen (secondary N) is 2. The van der Waals surface area contributed by atoms with Crippen molar-refractivity contribution in [3.63, 3.8) is 0 Å². The number of nitrogens with zero attached hydrogens (tertiary/aromatic N) is 2. The van der Waals surface area contributed by atoms with Crippen LogP contribution in [0.2, 0.25) is 0 Å². The van der Waals surface area contributed by atoms with Crippen LogP contribution < -0.4 is 10.6 Å². The fourth-order valence-electron chi connectivity index (χ4n) is 4.70. The molecule has 2 amide bonds. The van der Waals surface area contributed by atoms with Crippen LogP contribution in [0.1, 0.15) is 89.8 Å². The molecule has 172 valence electrons. The van der Waals surface area contributed by atoms with Gasteiger partial charge in [-0.15, -0.1) is 22.7 Å². The summed E-state index contributed by atoms with van der Waals surface area (Å²) < 4.78 is 0. The molecule has 0 radical (unpaired) electrons. The van der Waals surface area contributed by atoms with E-state index in [2.05, 4.69) is 22.8 Å². The van der Waals surface area contributed by atoms with Crippen LogP contribution in [0.5, 0.6) is 0 Å². The lowest BCUT2D eigenvalue weighted by Crippen LogP contribution is -2.11. The van der Waals surface area contributed by atoms with Crippen molar-refractivity contribution in [1.29, 1.82) is 10.5 Å². The first kappa shape index (κ1) is 23.5. The first-order valence-electron chi connectivity index (χ1n) is 11.8. The highest BCUT2D eigenvalue weighted by Gasteiger charge is 2.24. The Labute approximate surface area is 202 Å². The highest BCUT2D eigenvalue weighted by molar-refractivity contribution is 7.17. The number of anilines is 2. The van der Waals surface area contributed by atoms with Gasteiger partial charge in [0.05, 0.1) is 11.1 Å². The number of aryl methyl sites for hydroxylation is 2. The van der Waals surface area contributed by atoms with E-state index in [4.69, 9.17) is 0 Å². The first-order valence-corrected chi connectivity index (χ1v) is 13.4. The molecule has 2 aliphatic carbocycles. The lowest BCUT2D eigenvalue weighted by Gasteiger charge is -2.05. The Morgan fingerprint density at radius 3 is 1.55 bits per heavy atom. The third kappa shape index (κ3) is 5.46. The average Bonchev–Trinajstić information content (AvgIpc) is 3.54. The summed E-state index contributed by atoms with van der Waals surface area (Å²) in [5, 5.41) is 26.1. The van der Waals surface area contributed by atoms with Crippen molar-refractivity contribution < 1.29 is 9.59 Å². The number of hydrogen-bond acceptors (Lipinski definition) is 6. The highest BCUT2D eigenvalue weighted by atomic mass is 32.1. The van der Waals surface area contributed by atoms with Crippen molar-refractivity contribution in [2.24, 2.45) is 0 Å². The lowest BCUT2D eigenvalue weighted by molar-refractivity contribution is -0.117. The summed E-state index contributed by atoms with van der Waals surface area (Å²) in [7, 11) is 0. The number of carbonyl (C=O) groups excluding carboxylic acids is 2. The molecule has 0 spiro atoms. The quantitative estimate of drug-likeness (QED) is 0.417. The van der Waals surface area contributed by atoms with Crippen molar-refractivity contribution in [2.75, 3.05) is 10.6 Å². The smallest absolute Gasteiger partial charge is 0.225 e. The van der Waals surface area contributed by atoms with Gasteiger partial charge >= 0.3 is 0 Å². The number of nitriles is 2. The zero-order valence-corrected chi connectivity index (χ0v) is 20.4. The van der Waals surface area contributed by atoms with Gasteiger partial charge in [-0.05, 0) is 62.5 Å². The summed E-state index contributed by atoms with van der Waals surface area (Å²) in [6, 6.07) is 4.52. The van der Waals surface area contributed by atoms with Crippen LogP contribution in [0, 0.1) is 22.7 Å². The van der Waals surface area contributed by atoms with Crippen molar-refractivity contribution in [2.45, 2.75) is 83.5 Å². The number of carbonyl (C=O) groups is 2. The van der Waals surface area contributed by atoms with Crippen LogP contribution >= 0.6 is 22.7 Å². The molecule has 0 unspecified atom stereocenters. The van der Waals surface area contributed by atoms with Gasteiger partial charge in [0.1, 0.15) is 22.1 Å². The lowest BCUT2D eigenvalue weighted by atomic mass is 10.1. The Morgan fingerprint density at radius 2 is 1.12 bits per heavy atom. The van der Waals surface area contributed by atoms with E-state index in [-0.39, 0.29) is 11.8 Å². The van der Waals surface area contributed by atoms with E-state index in [1.165, 1.54) is 9.75 Å². The van der Waals surface area contributed by atoms with E-state index in [1.54, 1.807) is 22.7 Å². The summed E-state index contributed by atoms with van der Waals surface area (Å²) in [6.45, 7) is 0.